The zero-order valence-corrected chi connectivity index (χ0v) is 13.4. The number of carbonyl (C=O) groups is 2. The lowest BCUT2D eigenvalue weighted by Gasteiger charge is -2.31. The molecule has 122 valence electrons. The van der Waals surface area contributed by atoms with Crippen molar-refractivity contribution in [3.8, 4) is 0 Å². The van der Waals surface area contributed by atoms with Gasteiger partial charge in [-0.15, -0.1) is 0 Å². The molecule has 1 heterocycles. The van der Waals surface area contributed by atoms with E-state index in [1.54, 1.807) is 0 Å². The SMILES string of the molecule is CCOC(=O)CCCCCN1CCC[C@@H](C(=O)OCC)C1. The first kappa shape index (κ1) is 18.0. The molecule has 1 saturated heterocycles. The van der Waals surface area contributed by atoms with Gasteiger partial charge in [0.15, 0.2) is 0 Å². The molecule has 0 aromatic rings. The summed E-state index contributed by atoms with van der Waals surface area (Å²) in [4.78, 5) is 25.3. The third kappa shape index (κ3) is 7.46. The lowest BCUT2D eigenvalue weighted by atomic mass is 9.98. The molecule has 0 unspecified atom stereocenters. The van der Waals surface area contributed by atoms with Crippen LogP contribution in [0.3, 0.4) is 0 Å². The molecule has 0 spiro atoms. The Hall–Kier alpha value is -1.10. The van der Waals surface area contributed by atoms with Crippen LogP contribution in [-0.2, 0) is 19.1 Å². The highest BCUT2D eigenvalue weighted by atomic mass is 16.5. The first-order chi connectivity index (χ1) is 10.2. The fraction of sp³-hybridized carbons (Fsp3) is 0.875. The number of likely N-dealkylation sites (tertiary alicyclic amines) is 1. The van der Waals surface area contributed by atoms with Gasteiger partial charge in [0, 0.05) is 13.0 Å². The monoisotopic (exact) mass is 299 g/mol. The summed E-state index contributed by atoms with van der Waals surface area (Å²) in [6.07, 6.45) is 5.49. The average Bonchev–Trinajstić information content (AvgIpc) is 2.48. The average molecular weight is 299 g/mol. The Morgan fingerprint density at radius 2 is 1.86 bits per heavy atom. The highest BCUT2D eigenvalue weighted by Crippen LogP contribution is 2.18. The zero-order valence-electron chi connectivity index (χ0n) is 13.4. The molecule has 0 saturated carbocycles. The number of ether oxygens (including phenoxy) is 2. The zero-order chi connectivity index (χ0) is 15.5. The van der Waals surface area contributed by atoms with Crippen LogP contribution < -0.4 is 0 Å². The molecular formula is C16H29NO4. The van der Waals surface area contributed by atoms with Crippen molar-refractivity contribution in [2.75, 3.05) is 32.8 Å². The molecule has 1 fully saturated rings. The van der Waals surface area contributed by atoms with E-state index in [1.807, 2.05) is 13.8 Å². The van der Waals surface area contributed by atoms with Gasteiger partial charge >= 0.3 is 11.9 Å². The summed E-state index contributed by atoms with van der Waals surface area (Å²) < 4.78 is 10.0. The summed E-state index contributed by atoms with van der Waals surface area (Å²) in [7, 11) is 0. The molecule has 21 heavy (non-hydrogen) atoms. The highest BCUT2D eigenvalue weighted by molar-refractivity contribution is 5.72. The van der Waals surface area contributed by atoms with Gasteiger partial charge in [-0.2, -0.15) is 0 Å². The first-order valence-electron chi connectivity index (χ1n) is 8.22. The van der Waals surface area contributed by atoms with Crippen molar-refractivity contribution in [1.82, 2.24) is 4.90 Å². The lowest BCUT2D eigenvalue weighted by molar-refractivity contribution is -0.150. The van der Waals surface area contributed by atoms with Crippen LogP contribution in [0, 0.1) is 5.92 Å². The van der Waals surface area contributed by atoms with Gasteiger partial charge in [0.1, 0.15) is 0 Å². The van der Waals surface area contributed by atoms with Crippen molar-refractivity contribution >= 4 is 11.9 Å². The molecule has 0 aromatic carbocycles. The van der Waals surface area contributed by atoms with E-state index in [0.29, 0.717) is 19.6 Å². The van der Waals surface area contributed by atoms with E-state index in [4.69, 9.17) is 9.47 Å². The Labute approximate surface area is 128 Å². The number of piperidine rings is 1. The maximum Gasteiger partial charge on any atom is 0.310 e. The van der Waals surface area contributed by atoms with E-state index < -0.39 is 0 Å². The maximum atomic E-state index is 11.8. The Morgan fingerprint density at radius 1 is 1.10 bits per heavy atom. The predicted molar refractivity (Wildman–Crippen MR) is 80.9 cm³/mol. The van der Waals surface area contributed by atoms with Gasteiger partial charge in [-0.05, 0) is 52.6 Å². The molecule has 0 bridgehead atoms. The van der Waals surface area contributed by atoms with Crippen LogP contribution in [0.5, 0.6) is 0 Å². The predicted octanol–water partition coefficient (Wildman–Crippen LogP) is 2.39. The van der Waals surface area contributed by atoms with Crippen molar-refractivity contribution in [3.63, 3.8) is 0 Å². The summed E-state index contributed by atoms with van der Waals surface area (Å²) in [5, 5.41) is 0. The number of rotatable bonds is 9. The second-order valence-electron chi connectivity index (χ2n) is 5.51. The van der Waals surface area contributed by atoms with E-state index >= 15 is 0 Å². The molecular weight excluding hydrogens is 270 g/mol. The number of carbonyl (C=O) groups excluding carboxylic acids is 2. The molecule has 0 aromatic heterocycles. The molecule has 1 rings (SSSR count). The standard InChI is InChI=1S/C16H29NO4/c1-3-20-15(18)10-6-5-7-11-17-12-8-9-14(13-17)16(19)21-4-2/h14H,3-13H2,1-2H3/t14-/m1/s1. The molecule has 0 aliphatic carbocycles. The minimum Gasteiger partial charge on any atom is -0.466 e. The minimum atomic E-state index is -0.0992. The largest absolute Gasteiger partial charge is 0.466 e. The molecule has 0 radical (unpaired) electrons. The molecule has 5 heteroatoms. The van der Waals surface area contributed by atoms with Crippen molar-refractivity contribution < 1.29 is 19.1 Å². The highest BCUT2D eigenvalue weighted by Gasteiger charge is 2.26. The van der Waals surface area contributed by atoms with E-state index in [2.05, 4.69) is 4.90 Å². The summed E-state index contributed by atoms with van der Waals surface area (Å²) in [6.45, 7) is 7.48. The van der Waals surface area contributed by atoms with Crippen molar-refractivity contribution in [1.29, 1.82) is 0 Å². The second kappa shape index (κ2) is 10.6. The Kier molecular flexibility index (Phi) is 9.06. The summed E-state index contributed by atoms with van der Waals surface area (Å²) in [6, 6.07) is 0. The fourth-order valence-corrected chi connectivity index (χ4v) is 2.73. The van der Waals surface area contributed by atoms with E-state index in [9.17, 15) is 9.59 Å². The molecule has 0 N–H and O–H groups in total. The Bertz CT molecular complexity index is 319. The fourth-order valence-electron chi connectivity index (χ4n) is 2.73. The second-order valence-corrected chi connectivity index (χ2v) is 5.51. The molecule has 1 aliphatic heterocycles. The first-order valence-corrected chi connectivity index (χ1v) is 8.22. The topological polar surface area (TPSA) is 55.8 Å². The normalized spacial score (nSPS) is 19.2. The van der Waals surface area contributed by atoms with Crippen LogP contribution in [0.25, 0.3) is 0 Å². The van der Waals surface area contributed by atoms with Gasteiger partial charge in [0.2, 0.25) is 0 Å². The summed E-state index contributed by atoms with van der Waals surface area (Å²) in [5.74, 6) is -0.111. The van der Waals surface area contributed by atoms with Crippen LogP contribution in [0.2, 0.25) is 0 Å². The molecule has 5 nitrogen and oxygen atoms in total. The number of nitrogens with zero attached hydrogens (tertiary/aromatic N) is 1. The van der Waals surface area contributed by atoms with Crippen molar-refractivity contribution in [2.24, 2.45) is 5.92 Å². The van der Waals surface area contributed by atoms with Gasteiger partial charge in [0.25, 0.3) is 0 Å². The number of hydrogen-bond acceptors (Lipinski definition) is 5. The van der Waals surface area contributed by atoms with Crippen LogP contribution in [0.1, 0.15) is 52.4 Å². The quantitative estimate of drug-likeness (QED) is 0.483. The molecule has 0 amide bonds. The third-order valence-electron chi connectivity index (χ3n) is 3.79. The van der Waals surface area contributed by atoms with Gasteiger partial charge in [-0.1, -0.05) is 6.42 Å². The van der Waals surface area contributed by atoms with Crippen molar-refractivity contribution in [2.45, 2.75) is 52.4 Å². The summed E-state index contributed by atoms with van der Waals surface area (Å²) in [5.41, 5.74) is 0. The van der Waals surface area contributed by atoms with Gasteiger partial charge in [0.05, 0.1) is 19.1 Å². The Balaban J connectivity index is 2.12. The van der Waals surface area contributed by atoms with E-state index in [1.165, 1.54) is 0 Å². The smallest absolute Gasteiger partial charge is 0.310 e. The van der Waals surface area contributed by atoms with E-state index in [-0.39, 0.29) is 17.9 Å². The summed E-state index contributed by atoms with van der Waals surface area (Å²) >= 11 is 0. The van der Waals surface area contributed by atoms with Gasteiger partial charge in [-0.25, -0.2) is 0 Å². The van der Waals surface area contributed by atoms with Crippen LogP contribution >= 0.6 is 0 Å². The Morgan fingerprint density at radius 3 is 2.57 bits per heavy atom. The van der Waals surface area contributed by atoms with Crippen molar-refractivity contribution in [3.05, 3.63) is 0 Å². The van der Waals surface area contributed by atoms with Gasteiger partial charge < -0.3 is 14.4 Å². The number of unbranched alkanes of at least 4 members (excludes halogenated alkanes) is 2. The van der Waals surface area contributed by atoms with Crippen LogP contribution in [0.4, 0.5) is 0 Å². The minimum absolute atomic E-state index is 0.0400. The lowest BCUT2D eigenvalue weighted by Crippen LogP contribution is -2.39. The molecule has 1 atom stereocenters. The molecule has 1 aliphatic rings. The van der Waals surface area contributed by atoms with Crippen LogP contribution in [-0.4, -0.2) is 49.7 Å². The van der Waals surface area contributed by atoms with Crippen LogP contribution in [0.15, 0.2) is 0 Å². The van der Waals surface area contributed by atoms with E-state index in [0.717, 1.165) is 51.7 Å². The number of esters is 2. The maximum absolute atomic E-state index is 11.8. The number of hydrogen-bond donors (Lipinski definition) is 0. The third-order valence-corrected chi connectivity index (χ3v) is 3.79. The van der Waals surface area contributed by atoms with Gasteiger partial charge in [-0.3, -0.25) is 9.59 Å².